The first kappa shape index (κ1) is 38.4. The summed E-state index contributed by atoms with van der Waals surface area (Å²) >= 11 is 0. The number of aliphatic carboxylic acids is 1. The van der Waals surface area contributed by atoms with Crippen molar-refractivity contribution in [3.8, 4) is 34.3 Å². The van der Waals surface area contributed by atoms with Crippen LogP contribution in [0.25, 0.3) is 22.3 Å². The highest BCUT2D eigenvalue weighted by Crippen LogP contribution is 2.40. The van der Waals surface area contributed by atoms with E-state index >= 15 is 0 Å². The number of carboxylic acid groups (broad SMARTS) is 1. The fraction of sp³-hybridized carbons (Fsp3) is 0.364. The Balaban J connectivity index is 1.35. The van der Waals surface area contributed by atoms with Crippen LogP contribution in [-0.2, 0) is 30.2 Å². The van der Waals surface area contributed by atoms with Crippen LogP contribution >= 0.6 is 0 Å². The zero-order chi connectivity index (χ0) is 39.4. The Morgan fingerprint density at radius 2 is 1.63 bits per heavy atom. The molecular formula is C33H34N2O19. The molecule has 2 fully saturated rings. The lowest BCUT2D eigenvalue weighted by Gasteiger charge is -2.43. The molecule has 54 heavy (non-hydrogen) atoms. The quantitative estimate of drug-likeness (QED) is 0.0598. The van der Waals surface area contributed by atoms with Gasteiger partial charge in [-0.15, -0.1) is 0 Å². The van der Waals surface area contributed by atoms with Crippen LogP contribution in [0.1, 0.15) is 5.56 Å². The zero-order valence-corrected chi connectivity index (χ0v) is 27.4. The van der Waals surface area contributed by atoms with Crippen LogP contribution in [0.15, 0.2) is 63.5 Å². The summed E-state index contributed by atoms with van der Waals surface area (Å²) in [6.45, 7) is 0. The van der Waals surface area contributed by atoms with Crippen LogP contribution in [0.2, 0.25) is 0 Å². The number of allylic oxidation sites excluding steroid dienone is 2. The second kappa shape index (κ2) is 14.5. The fourth-order valence-electron chi connectivity index (χ4n) is 5.92. The highest BCUT2D eigenvalue weighted by molar-refractivity contribution is 5.88. The molecule has 21 nitrogen and oxygen atoms in total. The SMILES string of the molecule is NC1C=CC(Cc2c(O[C@H]3O[C@H](C(=O)O[C@H]4O[C@H](C(=O)O)C(O)(O)[C@H](O)[C@H]4O)[C@@H](O)[C@H](O)[C@H]3O)cc3oc(-c4ccc(O)c(O)c4)cc(=O)c3c2O)=CN1. The number of hydrogen-bond acceptors (Lipinski definition) is 20. The largest absolute Gasteiger partial charge is 0.507 e. The van der Waals surface area contributed by atoms with Crippen LogP contribution in [0.4, 0.5) is 0 Å². The van der Waals surface area contributed by atoms with Gasteiger partial charge in [0, 0.05) is 35.9 Å². The van der Waals surface area contributed by atoms with Crippen LogP contribution in [0.5, 0.6) is 23.0 Å². The van der Waals surface area contributed by atoms with Crippen molar-refractivity contribution in [1.29, 1.82) is 0 Å². The number of aromatic hydroxyl groups is 3. The summed E-state index contributed by atoms with van der Waals surface area (Å²) in [5.74, 6) is -9.40. The van der Waals surface area contributed by atoms with Crippen LogP contribution in [0.3, 0.4) is 0 Å². The summed E-state index contributed by atoms with van der Waals surface area (Å²) < 4.78 is 26.9. The molecule has 2 saturated heterocycles. The number of dihydropyridines is 1. The molecule has 1 unspecified atom stereocenters. The maximum Gasteiger partial charge on any atom is 0.340 e. The van der Waals surface area contributed by atoms with Gasteiger partial charge >= 0.3 is 11.9 Å². The third-order valence-corrected chi connectivity index (χ3v) is 8.87. The predicted octanol–water partition coefficient (Wildman–Crippen LogP) is -3.61. The van der Waals surface area contributed by atoms with Crippen molar-refractivity contribution in [1.82, 2.24) is 5.32 Å². The first-order valence-electron chi connectivity index (χ1n) is 15.9. The topological polar surface area (TPSA) is 362 Å². The van der Waals surface area contributed by atoms with Crippen molar-refractivity contribution in [3.05, 3.63) is 70.0 Å². The summed E-state index contributed by atoms with van der Waals surface area (Å²) in [6.07, 6.45) is -17.2. The molecule has 6 rings (SSSR count). The van der Waals surface area contributed by atoms with Crippen molar-refractivity contribution >= 4 is 22.9 Å². The number of esters is 1. The first-order chi connectivity index (χ1) is 25.4. The van der Waals surface area contributed by atoms with E-state index in [2.05, 4.69) is 5.32 Å². The number of carbonyl (C=O) groups is 2. The zero-order valence-electron chi connectivity index (χ0n) is 27.4. The molecule has 0 bridgehead atoms. The molecule has 4 heterocycles. The maximum absolute atomic E-state index is 13.4. The molecule has 21 heteroatoms. The average molecular weight is 763 g/mol. The van der Waals surface area contributed by atoms with Gasteiger partial charge < -0.3 is 90.6 Å². The predicted molar refractivity (Wildman–Crippen MR) is 174 cm³/mol. The molecule has 0 saturated carbocycles. The van der Waals surface area contributed by atoms with E-state index in [0.717, 1.165) is 24.3 Å². The molecule has 2 aromatic carbocycles. The van der Waals surface area contributed by atoms with Crippen molar-refractivity contribution < 1.29 is 89.1 Å². The Bertz CT molecular complexity index is 2080. The average Bonchev–Trinajstić information content (AvgIpc) is 3.11. The summed E-state index contributed by atoms with van der Waals surface area (Å²) in [6, 6.07) is 5.70. The van der Waals surface area contributed by atoms with Crippen LogP contribution in [0, 0.1) is 0 Å². The minimum absolute atomic E-state index is 0.113. The Kier molecular flexibility index (Phi) is 10.3. The van der Waals surface area contributed by atoms with E-state index in [4.69, 9.17) is 29.1 Å². The number of phenols is 3. The van der Waals surface area contributed by atoms with E-state index < -0.39 is 102 Å². The Hall–Kier alpha value is -5.33. The number of benzene rings is 2. The number of ether oxygens (including phenoxy) is 4. The number of nitrogens with one attached hydrogen (secondary N) is 1. The Morgan fingerprint density at radius 3 is 2.28 bits per heavy atom. The molecule has 0 radical (unpaired) electrons. The van der Waals surface area contributed by atoms with E-state index in [-0.39, 0.29) is 40.0 Å². The number of fused-ring (bicyclic) bond motifs is 1. The van der Waals surface area contributed by atoms with Gasteiger partial charge in [-0.1, -0.05) is 6.08 Å². The van der Waals surface area contributed by atoms with Crippen LogP contribution < -0.4 is 21.2 Å². The number of aliphatic hydroxyl groups excluding tert-OH is 5. The highest BCUT2D eigenvalue weighted by Gasteiger charge is 2.59. The molecule has 3 aliphatic heterocycles. The number of phenolic OH excluding ortho intramolecular Hbond substituents is 3. The van der Waals surface area contributed by atoms with Gasteiger partial charge in [-0.05, 0) is 29.8 Å². The number of rotatable bonds is 8. The molecular weight excluding hydrogens is 728 g/mol. The molecule has 10 atom stereocenters. The monoisotopic (exact) mass is 762 g/mol. The van der Waals surface area contributed by atoms with Gasteiger partial charge in [0.05, 0.1) is 6.17 Å². The van der Waals surface area contributed by atoms with Crippen molar-refractivity contribution in [2.75, 3.05) is 0 Å². The Labute approximate surface area is 301 Å². The molecule has 1 aromatic heterocycles. The first-order valence-corrected chi connectivity index (χ1v) is 15.9. The van der Waals surface area contributed by atoms with E-state index in [0.29, 0.717) is 5.57 Å². The molecule has 3 aliphatic rings. The number of aliphatic hydroxyl groups is 7. The molecule has 14 N–H and O–H groups in total. The minimum Gasteiger partial charge on any atom is -0.507 e. The van der Waals surface area contributed by atoms with Gasteiger partial charge in [-0.25, -0.2) is 9.59 Å². The number of hydrogen-bond donors (Lipinski definition) is 13. The van der Waals surface area contributed by atoms with Crippen molar-refractivity contribution in [2.24, 2.45) is 5.73 Å². The smallest absolute Gasteiger partial charge is 0.340 e. The molecule has 0 amide bonds. The van der Waals surface area contributed by atoms with Crippen LogP contribution in [-0.4, -0.2) is 135 Å². The number of carboxylic acids is 1. The molecule has 0 spiro atoms. The van der Waals surface area contributed by atoms with Gasteiger partial charge in [0.25, 0.3) is 0 Å². The lowest BCUT2D eigenvalue weighted by molar-refractivity contribution is -0.372. The second-order valence-electron chi connectivity index (χ2n) is 12.6. The van der Waals surface area contributed by atoms with Crippen molar-refractivity contribution in [3.63, 3.8) is 0 Å². The molecule has 0 aliphatic carbocycles. The molecule has 3 aromatic rings. The lowest BCUT2D eigenvalue weighted by atomic mass is 9.94. The summed E-state index contributed by atoms with van der Waals surface area (Å²) in [7, 11) is 0. The standard InChI is InChI=1S/C33H34N2O19/c34-19-4-1-10(9-35-19)5-12-17(8-18-20(21(12)39)15(38)7-16(50-18)11-2-3-13(36)14(37)6-11)51-31-24(42)22(40)23(41)26(52-31)30(47)54-32-25(43)27(44)33(48,49)28(53-32)29(45)46/h1-4,6-9,19,22-28,31-32,35-37,39-44,48-49H,5,34H2,(H,45,46)/t19?,22-,23-,24+,25+,26-,27+,28+,31-,32+/m0/s1. The lowest BCUT2D eigenvalue weighted by Crippen LogP contribution is -2.69. The van der Waals surface area contributed by atoms with E-state index in [1.165, 1.54) is 12.3 Å². The fourth-order valence-corrected chi connectivity index (χ4v) is 5.92. The minimum atomic E-state index is -3.53. The summed E-state index contributed by atoms with van der Waals surface area (Å²) in [4.78, 5) is 38.1. The van der Waals surface area contributed by atoms with E-state index in [1.807, 2.05) is 0 Å². The Morgan fingerprint density at radius 1 is 0.907 bits per heavy atom. The molecule has 290 valence electrons. The van der Waals surface area contributed by atoms with Crippen molar-refractivity contribution in [2.45, 2.75) is 73.7 Å². The third-order valence-electron chi connectivity index (χ3n) is 8.87. The summed E-state index contributed by atoms with van der Waals surface area (Å²) in [5.41, 5.74) is 5.27. The third kappa shape index (κ3) is 7.03. The van der Waals surface area contributed by atoms with Gasteiger partial charge in [0.2, 0.25) is 24.5 Å². The van der Waals surface area contributed by atoms with Gasteiger partial charge in [0.15, 0.2) is 23.0 Å². The number of carbonyl (C=O) groups excluding carboxylic acids is 1. The normalized spacial score (nSPS) is 30.6. The van der Waals surface area contributed by atoms with E-state index in [1.54, 1.807) is 12.2 Å². The maximum atomic E-state index is 13.4. The van der Waals surface area contributed by atoms with Gasteiger partial charge in [-0.2, -0.15) is 0 Å². The summed E-state index contributed by atoms with van der Waals surface area (Å²) in [5, 5.41) is 115. The number of nitrogens with two attached hydrogens (primary N) is 1. The van der Waals surface area contributed by atoms with Gasteiger partial charge in [0.1, 0.15) is 58.7 Å². The highest BCUT2D eigenvalue weighted by atomic mass is 16.8. The second-order valence-corrected chi connectivity index (χ2v) is 12.6. The van der Waals surface area contributed by atoms with Gasteiger partial charge in [-0.3, -0.25) is 4.79 Å². The van der Waals surface area contributed by atoms with E-state index in [9.17, 15) is 70.6 Å².